The van der Waals surface area contributed by atoms with E-state index in [9.17, 15) is 14.4 Å². The van der Waals surface area contributed by atoms with Gasteiger partial charge in [-0.1, -0.05) is 32.0 Å². The van der Waals surface area contributed by atoms with Crippen LogP contribution in [0.2, 0.25) is 0 Å². The van der Waals surface area contributed by atoms with Gasteiger partial charge in [0.25, 0.3) is 11.5 Å². The molecule has 1 amide bonds. The van der Waals surface area contributed by atoms with Gasteiger partial charge in [0.2, 0.25) is 0 Å². The van der Waals surface area contributed by atoms with Gasteiger partial charge in [-0.05, 0) is 37.0 Å². The molecule has 7 heteroatoms. The van der Waals surface area contributed by atoms with Crippen LogP contribution in [0.4, 0.5) is 0 Å². The number of hydrogen-bond acceptors (Lipinski definition) is 5. The summed E-state index contributed by atoms with van der Waals surface area (Å²) in [6.45, 7) is 4.13. The summed E-state index contributed by atoms with van der Waals surface area (Å²) in [5.74, 6) is -0.0597. The molecule has 150 valence electrons. The van der Waals surface area contributed by atoms with Crippen molar-refractivity contribution >= 4 is 16.9 Å². The van der Waals surface area contributed by atoms with E-state index in [1.165, 1.54) is 16.8 Å². The zero-order valence-corrected chi connectivity index (χ0v) is 16.4. The molecule has 0 spiro atoms. The number of aromatic nitrogens is 2. The SMILES string of the molecule is CC(C)[C@@H](Cn1nc(C2CC2)ccc1=O)NC(=O)c1cc2ccccc2oc1=O. The van der Waals surface area contributed by atoms with Crippen molar-refractivity contribution in [3.05, 3.63) is 74.5 Å². The van der Waals surface area contributed by atoms with Crippen molar-refractivity contribution in [2.24, 2.45) is 5.92 Å². The molecule has 4 rings (SSSR count). The van der Waals surface area contributed by atoms with Crippen molar-refractivity contribution in [3.63, 3.8) is 0 Å². The molecule has 2 aromatic heterocycles. The lowest BCUT2D eigenvalue weighted by molar-refractivity contribution is 0.0915. The fourth-order valence-electron chi connectivity index (χ4n) is 3.27. The third-order valence-corrected chi connectivity index (χ3v) is 5.26. The molecule has 0 bridgehead atoms. The normalized spacial score (nSPS) is 14.9. The van der Waals surface area contributed by atoms with Gasteiger partial charge in [0.05, 0.1) is 18.3 Å². The maximum Gasteiger partial charge on any atom is 0.349 e. The number of carbonyl (C=O) groups excluding carboxylic acids is 1. The van der Waals surface area contributed by atoms with Crippen LogP contribution in [0.1, 0.15) is 48.7 Å². The van der Waals surface area contributed by atoms with Gasteiger partial charge in [-0.15, -0.1) is 0 Å². The first-order chi connectivity index (χ1) is 13.9. The van der Waals surface area contributed by atoms with Crippen LogP contribution in [0.15, 0.2) is 56.5 Å². The minimum absolute atomic E-state index is 0.0322. The van der Waals surface area contributed by atoms with E-state index in [0.717, 1.165) is 18.5 Å². The van der Waals surface area contributed by atoms with Gasteiger partial charge in [0.1, 0.15) is 11.1 Å². The number of nitrogens with zero attached hydrogens (tertiary/aromatic N) is 2. The largest absolute Gasteiger partial charge is 0.422 e. The topological polar surface area (TPSA) is 94.2 Å². The molecule has 1 aromatic carbocycles. The van der Waals surface area contributed by atoms with Gasteiger partial charge < -0.3 is 9.73 Å². The number of nitrogens with one attached hydrogen (secondary N) is 1. The maximum absolute atomic E-state index is 12.8. The monoisotopic (exact) mass is 393 g/mol. The Morgan fingerprint density at radius 3 is 2.69 bits per heavy atom. The van der Waals surface area contributed by atoms with Gasteiger partial charge in [-0.3, -0.25) is 9.59 Å². The third-order valence-electron chi connectivity index (χ3n) is 5.26. The Balaban J connectivity index is 1.58. The van der Waals surface area contributed by atoms with E-state index in [1.807, 2.05) is 19.9 Å². The summed E-state index contributed by atoms with van der Waals surface area (Å²) < 4.78 is 6.66. The summed E-state index contributed by atoms with van der Waals surface area (Å²) in [6.07, 6.45) is 2.18. The second-order valence-electron chi connectivity index (χ2n) is 7.86. The van der Waals surface area contributed by atoms with E-state index >= 15 is 0 Å². The number of rotatable bonds is 6. The Labute approximate surface area is 167 Å². The molecule has 1 aliphatic rings. The van der Waals surface area contributed by atoms with Crippen LogP contribution < -0.4 is 16.5 Å². The van der Waals surface area contributed by atoms with E-state index in [1.54, 1.807) is 24.3 Å². The highest BCUT2D eigenvalue weighted by molar-refractivity contribution is 5.96. The molecule has 1 fully saturated rings. The van der Waals surface area contributed by atoms with Gasteiger partial charge in [0, 0.05) is 17.4 Å². The van der Waals surface area contributed by atoms with E-state index in [4.69, 9.17) is 4.42 Å². The predicted molar refractivity (Wildman–Crippen MR) is 109 cm³/mol. The van der Waals surface area contributed by atoms with Crippen molar-refractivity contribution in [1.29, 1.82) is 0 Å². The Morgan fingerprint density at radius 2 is 1.97 bits per heavy atom. The quantitative estimate of drug-likeness (QED) is 0.650. The summed E-state index contributed by atoms with van der Waals surface area (Å²) in [5, 5.41) is 8.02. The molecule has 0 radical (unpaired) electrons. The highest BCUT2D eigenvalue weighted by Gasteiger charge is 2.26. The van der Waals surface area contributed by atoms with Crippen molar-refractivity contribution in [1.82, 2.24) is 15.1 Å². The molecule has 2 heterocycles. The van der Waals surface area contributed by atoms with E-state index in [0.29, 0.717) is 16.9 Å². The van der Waals surface area contributed by atoms with Crippen LogP contribution in [-0.2, 0) is 6.54 Å². The van der Waals surface area contributed by atoms with Crippen LogP contribution >= 0.6 is 0 Å². The number of para-hydroxylation sites is 1. The lowest BCUT2D eigenvalue weighted by Gasteiger charge is -2.23. The molecule has 1 aliphatic carbocycles. The molecule has 1 atom stereocenters. The fourth-order valence-corrected chi connectivity index (χ4v) is 3.27. The second kappa shape index (κ2) is 7.66. The van der Waals surface area contributed by atoms with Gasteiger partial charge in [0.15, 0.2) is 0 Å². The average Bonchev–Trinajstić information content (AvgIpc) is 3.53. The summed E-state index contributed by atoms with van der Waals surface area (Å²) in [4.78, 5) is 37.3. The van der Waals surface area contributed by atoms with Crippen molar-refractivity contribution in [2.75, 3.05) is 0 Å². The molecule has 1 saturated carbocycles. The molecule has 7 nitrogen and oxygen atoms in total. The summed E-state index contributed by atoms with van der Waals surface area (Å²) in [6, 6.07) is 11.5. The third kappa shape index (κ3) is 4.13. The lowest BCUT2D eigenvalue weighted by Crippen LogP contribution is -2.45. The number of fused-ring (bicyclic) bond motifs is 1. The fraction of sp³-hybridized carbons (Fsp3) is 0.364. The Morgan fingerprint density at radius 1 is 1.21 bits per heavy atom. The van der Waals surface area contributed by atoms with E-state index in [2.05, 4.69) is 10.4 Å². The first kappa shape index (κ1) is 19.1. The minimum atomic E-state index is -0.685. The Bertz CT molecular complexity index is 1170. The van der Waals surface area contributed by atoms with Gasteiger partial charge in [-0.25, -0.2) is 9.48 Å². The molecule has 29 heavy (non-hydrogen) atoms. The van der Waals surface area contributed by atoms with Crippen LogP contribution in [0, 0.1) is 5.92 Å². The first-order valence-corrected chi connectivity index (χ1v) is 9.84. The van der Waals surface area contributed by atoms with Crippen molar-refractivity contribution in [2.45, 2.75) is 45.2 Å². The number of carbonyl (C=O) groups is 1. The van der Waals surface area contributed by atoms with Crippen molar-refractivity contribution in [3.8, 4) is 0 Å². The standard InChI is InChI=1S/C22H23N3O4/c1-13(2)18(12-25-20(26)10-9-17(24-25)14-7-8-14)23-21(27)16-11-15-5-3-4-6-19(15)29-22(16)28/h3-6,9-11,13-14,18H,7-8,12H2,1-2H3,(H,23,27)/t18-/m1/s1. The van der Waals surface area contributed by atoms with E-state index in [-0.39, 0.29) is 29.6 Å². The van der Waals surface area contributed by atoms with Crippen LogP contribution in [-0.4, -0.2) is 21.7 Å². The van der Waals surface area contributed by atoms with Crippen LogP contribution in [0.25, 0.3) is 11.0 Å². The molecule has 0 aliphatic heterocycles. The first-order valence-electron chi connectivity index (χ1n) is 9.84. The summed E-state index contributed by atoms with van der Waals surface area (Å²) in [5.41, 5.74) is 0.395. The lowest BCUT2D eigenvalue weighted by atomic mass is 10.0. The number of amides is 1. The molecule has 0 unspecified atom stereocenters. The zero-order valence-electron chi connectivity index (χ0n) is 16.4. The summed E-state index contributed by atoms with van der Waals surface area (Å²) in [7, 11) is 0. The predicted octanol–water partition coefficient (Wildman–Crippen LogP) is 2.68. The van der Waals surface area contributed by atoms with E-state index < -0.39 is 11.5 Å². The second-order valence-corrected chi connectivity index (χ2v) is 7.86. The van der Waals surface area contributed by atoms with Crippen LogP contribution in [0.5, 0.6) is 0 Å². The smallest absolute Gasteiger partial charge is 0.349 e. The highest BCUT2D eigenvalue weighted by atomic mass is 16.4. The minimum Gasteiger partial charge on any atom is -0.422 e. The van der Waals surface area contributed by atoms with Gasteiger partial charge >= 0.3 is 5.63 Å². The number of hydrogen-bond donors (Lipinski definition) is 1. The molecule has 3 aromatic rings. The highest BCUT2D eigenvalue weighted by Crippen LogP contribution is 2.38. The number of benzene rings is 1. The molecular weight excluding hydrogens is 370 g/mol. The maximum atomic E-state index is 12.8. The average molecular weight is 393 g/mol. The Hall–Kier alpha value is -3.22. The molecule has 1 N–H and O–H groups in total. The van der Waals surface area contributed by atoms with Crippen LogP contribution in [0.3, 0.4) is 0 Å². The Kier molecular flexibility index (Phi) is 5.05. The molecular formula is C22H23N3O4. The molecule has 0 saturated heterocycles. The zero-order chi connectivity index (χ0) is 20.5. The summed E-state index contributed by atoms with van der Waals surface area (Å²) >= 11 is 0. The van der Waals surface area contributed by atoms with Gasteiger partial charge in [-0.2, -0.15) is 5.10 Å². The van der Waals surface area contributed by atoms with Crippen molar-refractivity contribution < 1.29 is 9.21 Å².